The van der Waals surface area contributed by atoms with Crippen molar-refractivity contribution in [3.8, 4) is 0 Å². The number of likely N-dealkylation sites (N-methyl/N-ethyl adjacent to an activating group) is 1. The number of rotatable bonds is 1. The Hall–Kier alpha value is -1.59. The minimum atomic E-state index is -0.827. The second-order valence-electron chi connectivity index (χ2n) is 4.41. The van der Waals surface area contributed by atoms with Crippen molar-refractivity contribution in [1.29, 1.82) is 0 Å². The van der Waals surface area contributed by atoms with E-state index in [0.717, 1.165) is 0 Å². The van der Waals surface area contributed by atoms with Crippen LogP contribution >= 0.6 is 0 Å². The Labute approximate surface area is 92.6 Å². The van der Waals surface area contributed by atoms with E-state index in [1.807, 2.05) is 0 Å². The molecule has 16 heavy (non-hydrogen) atoms. The number of amides is 2. The van der Waals surface area contributed by atoms with Crippen LogP contribution in [-0.4, -0.2) is 46.9 Å². The number of carbonyl (C=O) groups excluding carboxylic acids is 2. The average Bonchev–Trinajstić information content (AvgIpc) is 2.25. The molecule has 2 N–H and O–H groups in total. The predicted octanol–water partition coefficient (Wildman–Crippen LogP) is -0.803. The monoisotopic (exact) mass is 226 g/mol. The van der Waals surface area contributed by atoms with Crippen molar-refractivity contribution >= 4 is 17.8 Å². The first kappa shape index (κ1) is 10.9. The van der Waals surface area contributed by atoms with Crippen molar-refractivity contribution in [1.82, 2.24) is 10.2 Å². The van der Waals surface area contributed by atoms with E-state index in [9.17, 15) is 14.4 Å². The molecule has 6 heteroatoms. The van der Waals surface area contributed by atoms with Crippen molar-refractivity contribution in [3.63, 3.8) is 0 Å². The fourth-order valence-corrected chi connectivity index (χ4v) is 2.54. The number of fused-ring (bicyclic) bond motifs is 1. The molecule has 1 saturated heterocycles. The van der Waals surface area contributed by atoms with Crippen LogP contribution in [0.1, 0.15) is 19.3 Å². The van der Waals surface area contributed by atoms with Crippen LogP contribution in [0.15, 0.2) is 0 Å². The minimum Gasteiger partial charge on any atom is -0.481 e. The molecule has 88 valence electrons. The van der Waals surface area contributed by atoms with Gasteiger partial charge in [-0.15, -0.1) is 0 Å². The number of hydrogen-bond donors (Lipinski definition) is 2. The van der Waals surface area contributed by atoms with Gasteiger partial charge < -0.3 is 15.3 Å². The Morgan fingerprint density at radius 2 is 2.12 bits per heavy atom. The second kappa shape index (κ2) is 3.77. The molecule has 3 atom stereocenters. The Morgan fingerprint density at radius 3 is 2.75 bits per heavy atom. The number of aliphatic carboxylic acids is 1. The highest BCUT2D eigenvalue weighted by Gasteiger charge is 2.43. The van der Waals surface area contributed by atoms with Gasteiger partial charge in [0.05, 0.1) is 18.0 Å². The summed E-state index contributed by atoms with van der Waals surface area (Å²) in [5, 5.41) is 11.5. The summed E-state index contributed by atoms with van der Waals surface area (Å²) in [6.45, 7) is 0. The summed E-state index contributed by atoms with van der Waals surface area (Å²) in [6.07, 6.45) is 1.59. The zero-order valence-electron chi connectivity index (χ0n) is 8.97. The van der Waals surface area contributed by atoms with Crippen LogP contribution in [0, 0.1) is 5.92 Å². The molecule has 0 radical (unpaired) electrons. The molecule has 3 unspecified atom stereocenters. The van der Waals surface area contributed by atoms with E-state index in [1.165, 1.54) is 4.90 Å². The first-order valence-corrected chi connectivity index (χ1v) is 5.31. The lowest BCUT2D eigenvalue weighted by molar-refractivity contribution is -0.154. The number of nitrogens with one attached hydrogen (secondary N) is 1. The Morgan fingerprint density at radius 1 is 1.44 bits per heavy atom. The largest absolute Gasteiger partial charge is 0.481 e. The highest BCUT2D eigenvalue weighted by molar-refractivity contribution is 6.35. The van der Waals surface area contributed by atoms with Gasteiger partial charge in [0, 0.05) is 7.05 Å². The highest BCUT2D eigenvalue weighted by atomic mass is 16.4. The SMILES string of the molecule is CN1C(=O)C(=O)NC2CC(C(=O)O)CCC21. The first-order chi connectivity index (χ1) is 7.50. The smallest absolute Gasteiger partial charge is 0.311 e. The molecule has 6 nitrogen and oxygen atoms in total. The molecular weight excluding hydrogens is 212 g/mol. The molecule has 1 aliphatic carbocycles. The summed E-state index contributed by atoms with van der Waals surface area (Å²) in [4.78, 5) is 35.0. The van der Waals surface area contributed by atoms with Crippen molar-refractivity contribution < 1.29 is 19.5 Å². The summed E-state index contributed by atoms with van der Waals surface area (Å²) in [5.74, 6) is -2.40. The number of piperazine rings is 1. The molecule has 0 spiro atoms. The van der Waals surface area contributed by atoms with Crippen LogP contribution in [0.4, 0.5) is 0 Å². The van der Waals surface area contributed by atoms with Gasteiger partial charge in [0.1, 0.15) is 0 Å². The molecular formula is C10H14N2O4. The van der Waals surface area contributed by atoms with E-state index in [4.69, 9.17) is 5.11 Å². The van der Waals surface area contributed by atoms with Crippen LogP contribution in [0.5, 0.6) is 0 Å². The fourth-order valence-electron chi connectivity index (χ4n) is 2.54. The predicted molar refractivity (Wildman–Crippen MR) is 53.5 cm³/mol. The lowest BCUT2D eigenvalue weighted by Crippen LogP contribution is -2.64. The topological polar surface area (TPSA) is 86.7 Å². The Bertz CT molecular complexity index is 355. The molecule has 1 heterocycles. The van der Waals surface area contributed by atoms with Gasteiger partial charge in [-0.2, -0.15) is 0 Å². The summed E-state index contributed by atoms with van der Waals surface area (Å²) < 4.78 is 0. The van der Waals surface area contributed by atoms with Gasteiger partial charge in [-0.1, -0.05) is 0 Å². The van der Waals surface area contributed by atoms with Crippen LogP contribution in [0.25, 0.3) is 0 Å². The molecule has 1 saturated carbocycles. The zero-order chi connectivity index (χ0) is 11.9. The molecule has 0 aromatic heterocycles. The third-order valence-electron chi connectivity index (χ3n) is 3.49. The van der Waals surface area contributed by atoms with Crippen LogP contribution < -0.4 is 5.32 Å². The fraction of sp³-hybridized carbons (Fsp3) is 0.700. The number of nitrogens with zero attached hydrogens (tertiary/aromatic N) is 1. The number of carbonyl (C=O) groups is 3. The molecule has 2 fully saturated rings. The van der Waals surface area contributed by atoms with E-state index in [-0.39, 0.29) is 12.1 Å². The molecule has 2 amide bonds. The Kier molecular flexibility index (Phi) is 2.57. The average molecular weight is 226 g/mol. The van der Waals surface area contributed by atoms with Crippen molar-refractivity contribution in [2.45, 2.75) is 31.3 Å². The summed E-state index contributed by atoms with van der Waals surface area (Å²) in [6, 6.07) is -0.272. The maximum absolute atomic E-state index is 11.4. The van der Waals surface area contributed by atoms with E-state index in [2.05, 4.69) is 5.32 Å². The van der Waals surface area contributed by atoms with Crippen LogP contribution in [0.3, 0.4) is 0 Å². The maximum Gasteiger partial charge on any atom is 0.311 e. The third kappa shape index (κ3) is 1.64. The maximum atomic E-state index is 11.4. The first-order valence-electron chi connectivity index (χ1n) is 5.31. The molecule has 0 aromatic rings. The van der Waals surface area contributed by atoms with E-state index in [1.54, 1.807) is 7.05 Å². The van der Waals surface area contributed by atoms with Crippen molar-refractivity contribution in [2.24, 2.45) is 5.92 Å². The lowest BCUT2D eigenvalue weighted by Gasteiger charge is -2.43. The quantitative estimate of drug-likeness (QED) is 0.573. The molecule has 1 aliphatic heterocycles. The number of carboxylic acid groups (broad SMARTS) is 1. The van der Waals surface area contributed by atoms with Gasteiger partial charge in [-0.3, -0.25) is 14.4 Å². The van der Waals surface area contributed by atoms with E-state index < -0.39 is 23.7 Å². The van der Waals surface area contributed by atoms with Crippen molar-refractivity contribution in [2.75, 3.05) is 7.05 Å². The molecule has 2 aliphatic rings. The molecule has 2 rings (SSSR count). The third-order valence-corrected chi connectivity index (χ3v) is 3.49. The normalized spacial score (nSPS) is 34.3. The summed E-state index contributed by atoms with van der Waals surface area (Å²) in [7, 11) is 1.60. The minimum absolute atomic E-state index is 0.0548. The van der Waals surface area contributed by atoms with Gasteiger partial charge in [-0.05, 0) is 19.3 Å². The van der Waals surface area contributed by atoms with Gasteiger partial charge in [0.2, 0.25) is 0 Å². The summed E-state index contributed by atoms with van der Waals surface area (Å²) >= 11 is 0. The molecule has 0 aromatic carbocycles. The molecule has 0 bridgehead atoms. The van der Waals surface area contributed by atoms with Crippen molar-refractivity contribution in [3.05, 3.63) is 0 Å². The number of carboxylic acids is 1. The lowest BCUT2D eigenvalue weighted by atomic mass is 9.80. The van der Waals surface area contributed by atoms with Gasteiger partial charge in [0.15, 0.2) is 0 Å². The second-order valence-corrected chi connectivity index (χ2v) is 4.41. The Balaban J connectivity index is 2.12. The van der Waals surface area contributed by atoms with Crippen LogP contribution in [-0.2, 0) is 14.4 Å². The van der Waals surface area contributed by atoms with Gasteiger partial charge in [0.25, 0.3) is 0 Å². The summed E-state index contributed by atoms with van der Waals surface area (Å²) in [5.41, 5.74) is 0. The standard InChI is InChI=1S/C10H14N2O4/c1-12-7-3-2-5(10(15)16)4-6(7)11-8(13)9(12)14/h5-7H,2-4H2,1H3,(H,11,13)(H,15,16). The van der Waals surface area contributed by atoms with Crippen LogP contribution in [0.2, 0.25) is 0 Å². The zero-order valence-corrected chi connectivity index (χ0v) is 8.97. The number of hydrogen-bond acceptors (Lipinski definition) is 3. The highest BCUT2D eigenvalue weighted by Crippen LogP contribution is 2.29. The van der Waals surface area contributed by atoms with Gasteiger partial charge >= 0.3 is 17.8 Å². The van der Waals surface area contributed by atoms with E-state index in [0.29, 0.717) is 19.3 Å². The van der Waals surface area contributed by atoms with Gasteiger partial charge in [-0.25, -0.2) is 0 Å². The van der Waals surface area contributed by atoms with E-state index >= 15 is 0 Å².